The lowest BCUT2D eigenvalue weighted by Gasteiger charge is -2.32. The molecule has 0 aromatic rings. The molecule has 21 heavy (non-hydrogen) atoms. The van der Waals surface area contributed by atoms with Crippen molar-refractivity contribution in [2.75, 3.05) is 46.5 Å². The van der Waals surface area contributed by atoms with Crippen molar-refractivity contribution < 1.29 is 13.2 Å². The summed E-state index contributed by atoms with van der Waals surface area (Å²) in [6.45, 7) is 4.58. The number of nitrogens with zero attached hydrogens (tertiary/aromatic N) is 3. The molecule has 0 aromatic carbocycles. The lowest BCUT2D eigenvalue weighted by molar-refractivity contribution is -0.135. The third kappa shape index (κ3) is 3.76. The van der Waals surface area contributed by atoms with Gasteiger partial charge in [-0.3, -0.25) is 4.79 Å². The summed E-state index contributed by atoms with van der Waals surface area (Å²) in [5, 5.41) is 0. The maximum Gasteiger partial charge on any atom is 0.227 e. The standard InChI is InChI=1S/C14H27N3O3S/c1-11-8-16(10-13(11)15(2)3)14(18)12-6-5-7-17(9-12)21(4,19)20/h11-13H,5-10H2,1-4H3/t11-,12+,13+/m1/s1. The van der Waals surface area contributed by atoms with Gasteiger partial charge in [0.05, 0.1) is 12.2 Å². The molecule has 122 valence electrons. The van der Waals surface area contributed by atoms with Crippen molar-refractivity contribution >= 4 is 15.9 Å². The summed E-state index contributed by atoms with van der Waals surface area (Å²) in [4.78, 5) is 16.8. The van der Waals surface area contributed by atoms with E-state index in [1.165, 1.54) is 10.6 Å². The van der Waals surface area contributed by atoms with Gasteiger partial charge in [0.2, 0.25) is 15.9 Å². The molecule has 2 rings (SSSR count). The number of piperidine rings is 1. The number of amides is 1. The highest BCUT2D eigenvalue weighted by Gasteiger charge is 2.38. The van der Waals surface area contributed by atoms with Gasteiger partial charge < -0.3 is 9.80 Å². The zero-order valence-corrected chi connectivity index (χ0v) is 14.3. The Hall–Kier alpha value is -0.660. The van der Waals surface area contributed by atoms with Crippen LogP contribution in [0.1, 0.15) is 19.8 Å². The van der Waals surface area contributed by atoms with Crippen molar-refractivity contribution in [2.24, 2.45) is 11.8 Å². The first-order valence-electron chi connectivity index (χ1n) is 7.60. The topological polar surface area (TPSA) is 60.9 Å². The number of sulfonamides is 1. The molecule has 7 heteroatoms. The van der Waals surface area contributed by atoms with E-state index in [0.717, 1.165) is 25.9 Å². The summed E-state index contributed by atoms with van der Waals surface area (Å²) in [6, 6.07) is 0.392. The van der Waals surface area contributed by atoms with Gasteiger partial charge in [-0.25, -0.2) is 12.7 Å². The average Bonchev–Trinajstić information content (AvgIpc) is 2.79. The van der Waals surface area contributed by atoms with Gasteiger partial charge in [-0.05, 0) is 32.9 Å². The highest BCUT2D eigenvalue weighted by atomic mass is 32.2. The molecule has 0 N–H and O–H groups in total. The van der Waals surface area contributed by atoms with E-state index < -0.39 is 10.0 Å². The monoisotopic (exact) mass is 317 g/mol. The fourth-order valence-corrected chi connectivity index (χ4v) is 4.42. The maximum atomic E-state index is 12.7. The van der Waals surface area contributed by atoms with Crippen LogP contribution >= 0.6 is 0 Å². The predicted molar refractivity (Wildman–Crippen MR) is 82.4 cm³/mol. The summed E-state index contributed by atoms with van der Waals surface area (Å²) in [6.07, 6.45) is 2.78. The van der Waals surface area contributed by atoms with Gasteiger partial charge in [0.15, 0.2) is 0 Å². The van der Waals surface area contributed by atoms with E-state index in [9.17, 15) is 13.2 Å². The Bertz CT molecular complexity index is 492. The molecule has 0 aromatic heterocycles. The Morgan fingerprint density at radius 3 is 2.38 bits per heavy atom. The van der Waals surface area contributed by atoms with Crippen molar-refractivity contribution in [1.29, 1.82) is 0 Å². The van der Waals surface area contributed by atoms with E-state index in [-0.39, 0.29) is 11.8 Å². The van der Waals surface area contributed by atoms with Crippen LogP contribution in [0.3, 0.4) is 0 Å². The smallest absolute Gasteiger partial charge is 0.227 e. The van der Waals surface area contributed by atoms with E-state index in [0.29, 0.717) is 25.0 Å². The first-order chi connectivity index (χ1) is 9.70. The molecule has 3 atom stereocenters. The summed E-state index contributed by atoms with van der Waals surface area (Å²) in [5.74, 6) is 0.402. The lowest BCUT2D eigenvalue weighted by Crippen LogP contribution is -2.46. The quantitative estimate of drug-likeness (QED) is 0.739. The summed E-state index contributed by atoms with van der Waals surface area (Å²) < 4.78 is 24.8. The van der Waals surface area contributed by atoms with Gasteiger partial charge in [-0.1, -0.05) is 6.92 Å². The molecule has 0 unspecified atom stereocenters. The van der Waals surface area contributed by atoms with E-state index >= 15 is 0 Å². The normalized spacial score (nSPS) is 31.9. The Morgan fingerprint density at radius 1 is 1.19 bits per heavy atom. The minimum absolute atomic E-state index is 0.125. The van der Waals surface area contributed by atoms with Crippen molar-refractivity contribution in [2.45, 2.75) is 25.8 Å². The molecule has 0 spiro atoms. The zero-order valence-electron chi connectivity index (χ0n) is 13.4. The Kier molecular flexibility index (Phi) is 4.95. The highest BCUT2D eigenvalue weighted by Crippen LogP contribution is 2.26. The summed E-state index contributed by atoms with van der Waals surface area (Å²) in [7, 11) is 0.889. The molecule has 2 heterocycles. The molecule has 2 fully saturated rings. The van der Waals surface area contributed by atoms with Crippen LogP contribution in [-0.2, 0) is 14.8 Å². The van der Waals surface area contributed by atoms with Gasteiger partial charge >= 0.3 is 0 Å². The van der Waals surface area contributed by atoms with Crippen LogP contribution in [0.2, 0.25) is 0 Å². The van der Waals surface area contributed by atoms with Crippen molar-refractivity contribution in [3.63, 3.8) is 0 Å². The van der Waals surface area contributed by atoms with E-state index in [1.807, 2.05) is 19.0 Å². The van der Waals surface area contributed by atoms with Gasteiger partial charge in [-0.15, -0.1) is 0 Å². The molecular formula is C14H27N3O3S. The first kappa shape index (κ1) is 16.7. The third-order valence-electron chi connectivity index (χ3n) is 4.75. The Labute approximate surface area is 128 Å². The molecule has 0 radical (unpaired) electrons. The number of carbonyl (C=O) groups excluding carboxylic acids is 1. The number of likely N-dealkylation sites (N-methyl/N-ethyl adjacent to an activating group) is 1. The fourth-order valence-electron chi connectivity index (χ4n) is 3.51. The molecule has 2 aliphatic rings. The van der Waals surface area contributed by atoms with Gasteiger partial charge in [0.25, 0.3) is 0 Å². The van der Waals surface area contributed by atoms with Crippen LogP contribution in [0, 0.1) is 11.8 Å². The van der Waals surface area contributed by atoms with Gasteiger partial charge in [0, 0.05) is 32.2 Å². The van der Waals surface area contributed by atoms with Gasteiger partial charge in [0.1, 0.15) is 0 Å². The minimum atomic E-state index is -3.20. The largest absolute Gasteiger partial charge is 0.341 e. The second-order valence-electron chi connectivity index (χ2n) is 6.71. The molecule has 2 aliphatic heterocycles. The van der Waals surface area contributed by atoms with Crippen molar-refractivity contribution in [3.8, 4) is 0 Å². The number of hydrogen-bond donors (Lipinski definition) is 0. The molecule has 0 bridgehead atoms. The molecule has 0 saturated carbocycles. The molecule has 0 aliphatic carbocycles. The molecule has 6 nitrogen and oxygen atoms in total. The first-order valence-corrected chi connectivity index (χ1v) is 9.45. The van der Waals surface area contributed by atoms with E-state index in [4.69, 9.17) is 0 Å². The summed E-state index contributed by atoms with van der Waals surface area (Å²) in [5.41, 5.74) is 0. The second-order valence-corrected chi connectivity index (χ2v) is 8.69. The Balaban J connectivity index is 2.01. The molecule has 2 saturated heterocycles. The van der Waals surface area contributed by atoms with Crippen LogP contribution in [0.25, 0.3) is 0 Å². The third-order valence-corrected chi connectivity index (χ3v) is 6.02. The molecule has 1 amide bonds. The van der Waals surface area contributed by atoms with Crippen LogP contribution in [-0.4, -0.2) is 81.0 Å². The SMILES string of the molecule is C[C@@H]1CN(C(=O)[C@H]2CCCN(S(C)(=O)=O)C2)C[C@@H]1N(C)C. The van der Waals surface area contributed by atoms with Crippen LogP contribution in [0.5, 0.6) is 0 Å². The molecular weight excluding hydrogens is 290 g/mol. The minimum Gasteiger partial charge on any atom is -0.341 e. The average molecular weight is 317 g/mol. The van der Waals surface area contributed by atoms with Crippen LogP contribution in [0.4, 0.5) is 0 Å². The summed E-state index contributed by atoms with van der Waals surface area (Å²) >= 11 is 0. The fraction of sp³-hybridized carbons (Fsp3) is 0.929. The van der Waals surface area contributed by atoms with Gasteiger partial charge in [-0.2, -0.15) is 0 Å². The van der Waals surface area contributed by atoms with Crippen LogP contribution in [0.15, 0.2) is 0 Å². The van der Waals surface area contributed by atoms with E-state index in [2.05, 4.69) is 11.8 Å². The number of likely N-dealkylation sites (tertiary alicyclic amines) is 1. The second kappa shape index (κ2) is 6.22. The number of hydrogen-bond acceptors (Lipinski definition) is 4. The predicted octanol–water partition coefficient (Wildman–Crippen LogP) is 0.0665. The zero-order chi connectivity index (χ0) is 15.8. The Morgan fingerprint density at radius 2 is 1.86 bits per heavy atom. The van der Waals surface area contributed by atoms with Crippen molar-refractivity contribution in [3.05, 3.63) is 0 Å². The van der Waals surface area contributed by atoms with Crippen molar-refractivity contribution in [1.82, 2.24) is 14.1 Å². The number of rotatable bonds is 3. The maximum absolute atomic E-state index is 12.7. The highest BCUT2D eigenvalue weighted by molar-refractivity contribution is 7.88. The lowest BCUT2D eigenvalue weighted by atomic mass is 9.98. The number of carbonyl (C=O) groups is 1. The van der Waals surface area contributed by atoms with Crippen LogP contribution < -0.4 is 0 Å². The van der Waals surface area contributed by atoms with E-state index in [1.54, 1.807) is 0 Å².